The number of benzene rings is 2. The van der Waals surface area contributed by atoms with Gasteiger partial charge in [0, 0.05) is 43.0 Å². The number of aromatic nitrogens is 2. The van der Waals surface area contributed by atoms with Gasteiger partial charge in [-0.2, -0.15) is 5.10 Å². The van der Waals surface area contributed by atoms with Crippen LogP contribution < -0.4 is 16.0 Å². The highest BCUT2D eigenvalue weighted by Gasteiger charge is 2.37. The molecule has 1 saturated heterocycles. The first-order valence-corrected chi connectivity index (χ1v) is 13.2. The summed E-state index contributed by atoms with van der Waals surface area (Å²) >= 11 is 0. The minimum atomic E-state index is -0.701. The number of nitrogens with zero attached hydrogens (tertiary/aromatic N) is 3. The number of carbonyl (C=O) groups excluding carboxylic acids is 3. The zero-order valence-electron chi connectivity index (χ0n) is 21.6. The minimum Gasteiger partial charge on any atom is -0.353 e. The molecule has 1 aliphatic carbocycles. The van der Waals surface area contributed by atoms with E-state index in [4.69, 9.17) is 0 Å². The van der Waals surface area contributed by atoms with E-state index in [1.165, 1.54) is 16.0 Å². The van der Waals surface area contributed by atoms with E-state index in [0.29, 0.717) is 37.0 Å². The molecule has 0 spiro atoms. The monoisotopic (exact) mass is 514 g/mol. The summed E-state index contributed by atoms with van der Waals surface area (Å²) in [7, 11) is 0. The fourth-order valence-corrected chi connectivity index (χ4v) is 4.93. The Bertz CT molecular complexity index is 1260. The van der Waals surface area contributed by atoms with E-state index in [0.717, 1.165) is 25.1 Å². The van der Waals surface area contributed by atoms with E-state index in [1.807, 2.05) is 24.4 Å². The summed E-state index contributed by atoms with van der Waals surface area (Å²) in [5.41, 5.74) is 3.92. The van der Waals surface area contributed by atoms with E-state index < -0.39 is 6.04 Å². The summed E-state index contributed by atoms with van der Waals surface area (Å²) in [6.45, 7) is 3.72. The number of carbonyl (C=O) groups is 3. The lowest BCUT2D eigenvalue weighted by Crippen LogP contribution is -2.56. The number of nitrogens with one attached hydrogen (secondary N) is 3. The van der Waals surface area contributed by atoms with Crippen LogP contribution in [0.3, 0.4) is 0 Å². The Morgan fingerprint density at radius 2 is 1.92 bits per heavy atom. The molecule has 2 fully saturated rings. The molecule has 3 N–H and O–H groups in total. The Labute approximate surface area is 222 Å². The molecule has 0 bridgehead atoms. The maximum absolute atomic E-state index is 13.3. The summed E-state index contributed by atoms with van der Waals surface area (Å²) in [5, 5.41) is 13.5. The number of hydrogen-bond donors (Lipinski definition) is 3. The van der Waals surface area contributed by atoms with Crippen LogP contribution in [0.1, 0.15) is 46.7 Å². The van der Waals surface area contributed by atoms with Crippen molar-refractivity contribution >= 4 is 17.7 Å². The molecule has 9 heteroatoms. The predicted molar refractivity (Wildman–Crippen MR) is 144 cm³/mol. The quantitative estimate of drug-likeness (QED) is 0.360. The van der Waals surface area contributed by atoms with E-state index in [2.05, 4.69) is 52.2 Å². The second kappa shape index (κ2) is 11.6. The summed E-state index contributed by atoms with van der Waals surface area (Å²) in [6, 6.07) is 17.3. The van der Waals surface area contributed by atoms with Gasteiger partial charge in [0.2, 0.25) is 11.8 Å². The van der Waals surface area contributed by atoms with Gasteiger partial charge in [0.25, 0.3) is 5.91 Å². The van der Waals surface area contributed by atoms with Crippen molar-refractivity contribution in [2.45, 2.75) is 44.2 Å². The summed E-state index contributed by atoms with van der Waals surface area (Å²) in [5.74, 6) is -0.178. The van der Waals surface area contributed by atoms with Crippen LogP contribution in [0.2, 0.25) is 0 Å². The number of piperazine rings is 1. The lowest BCUT2D eigenvalue weighted by molar-refractivity contribution is -0.139. The van der Waals surface area contributed by atoms with E-state index in [-0.39, 0.29) is 24.3 Å². The van der Waals surface area contributed by atoms with Gasteiger partial charge < -0.3 is 20.9 Å². The van der Waals surface area contributed by atoms with Crippen LogP contribution in [0.5, 0.6) is 0 Å². The van der Waals surface area contributed by atoms with Crippen LogP contribution in [-0.2, 0) is 9.59 Å². The lowest BCUT2D eigenvalue weighted by Gasteiger charge is -2.30. The third kappa shape index (κ3) is 6.28. The topological polar surface area (TPSA) is 108 Å². The van der Waals surface area contributed by atoms with Gasteiger partial charge in [0.1, 0.15) is 6.04 Å². The molecule has 1 aliphatic heterocycles. The molecule has 1 aromatic heterocycles. The zero-order chi connectivity index (χ0) is 26.5. The molecule has 5 rings (SSSR count). The molecule has 3 aromatic rings. The van der Waals surface area contributed by atoms with Crippen LogP contribution >= 0.6 is 0 Å². The maximum atomic E-state index is 13.3. The van der Waals surface area contributed by atoms with Crippen LogP contribution in [0.25, 0.3) is 5.69 Å². The molecule has 3 amide bonds. The van der Waals surface area contributed by atoms with Gasteiger partial charge in [-0.3, -0.25) is 14.4 Å². The van der Waals surface area contributed by atoms with Crippen molar-refractivity contribution < 1.29 is 14.4 Å². The summed E-state index contributed by atoms with van der Waals surface area (Å²) in [6.07, 6.45) is 5.85. The smallest absolute Gasteiger partial charge is 0.251 e. The van der Waals surface area contributed by atoms with E-state index in [1.54, 1.807) is 23.0 Å². The molecule has 38 heavy (non-hydrogen) atoms. The van der Waals surface area contributed by atoms with Gasteiger partial charge in [-0.25, -0.2) is 4.68 Å². The molecule has 0 unspecified atom stereocenters. The predicted octanol–water partition coefficient (Wildman–Crippen LogP) is 2.16. The second-order valence-corrected chi connectivity index (χ2v) is 10.1. The van der Waals surface area contributed by atoms with Crippen molar-refractivity contribution in [1.29, 1.82) is 0 Å². The molecule has 2 heterocycles. The molecular weight excluding hydrogens is 480 g/mol. The fourth-order valence-electron chi connectivity index (χ4n) is 4.93. The van der Waals surface area contributed by atoms with Gasteiger partial charge >= 0.3 is 0 Å². The highest BCUT2D eigenvalue weighted by Crippen LogP contribution is 2.40. The van der Waals surface area contributed by atoms with Crippen LogP contribution in [0.4, 0.5) is 0 Å². The molecule has 1 saturated carbocycles. The first kappa shape index (κ1) is 25.7. The lowest BCUT2D eigenvalue weighted by atomic mass is 10.1. The van der Waals surface area contributed by atoms with Crippen molar-refractivity contribution in [2.24, 2.45) is 0 Å². The van der Waals surface area contributed by atoms with Crippen molar-refractivity contribution in [3.63, 3.8) is 0 Å². The number of aryl methyl sites for hydroxylation is 1. The van der Waals surface area contributed by atoms with Gasteiger partial charge in [0.15, 0.2) is 0 Å². The van der Waals surface area contributed by atoms with Gasteiger partial charge in [-0.1, -0.05) is 29.8 Å². The second-order valence-electron chi connectivity index (χ2n) is 10.1. The molecule has 0 radical (unpaired) electrons. The SMILES string of the molecule is Cc1ccc([C@@H]2C[C@H]2NCCC[C@H](NC(=O)c2ccc(-n3cccn3)cc2)C(=O)N2CCNC(=O)C2)cc1. The molecular formula is C29H34N6O3. The maximum Gasteiger partial charge on any atom is 0.251 e. The zero-order valence-corrected chi connectivity index (χ0v) is 21.6. The Balaban J connectivity index is 1.17. The van der Waals surface area contributed by atoms with Crippen LogP contribution in [0.15, 0.2) is 67.0 Å². The number of rotatable bonds is 10. The van der Waals surface area contributed by atoms with Crippen LogP contribution in [0, 0.1) is 6.92 Å². The van der Waals surface area contributed by atoms with Crippen LogP contribution in [-0.4, -0.2) is 70.7 Å². The van der Waals surface area contributed by atoms with Gasteiger partial charge in [-0.15, -0.1) is 0 Å². The first-order valence-electron chi connectivity index (χ1n) is 13.2. The fraction of sp³-hybridized carbons (Fsp3) is 0.379. The normalized spacial score (nSPS) is 19.5. The third-order valence-corrected chi connectivity index (χ3v) is 7.22. The van der Waals surface area contributed by atoms with E-state index in [9.17, 15) is 14.4 Å². The largest absolute Gasteiger partial charge is 0.353 e. The average molecular weight is 515 g/mol. The van der Waals surface area contributed by atoms with E-state index >= 15 is 0 Å². The highest BCUT2D eigenvalue weighted by atomic mass is 16.2. The molecule has 2 aliphatic rings. The van der Waals surface area contributed by atoms with Gasteiger partial charge in [-0.05, 0) is 68.6 Å². The van der Waals surface area contributed by atoms with Crippen molar-refractivity contribution in [1.82, 2.24) is 30.6 Å². The van der Waals surface area contributed by atoms with Crippen molar-refractivity contribution in [3.05, 3.63) is 83.7 Å². The van der Waals surface area contributed by atoms with Crippen molar-refractivity contribution in [2.75, 3.05) is 26.2 Å². The summed E-state index contributed by atoms with van der Waals surface area (Å²) < 4.78 is 1.71. The third-order valence-electron chi connectivity index (χ3n) is 7.22. The Morgan fingerprint density at radius 1 is 1.13 bits per heavy atom. The Kier molecular flexibility index (Phi) is 7.83. The molecule has 198 valence electrons. The molecule has 2 aromatic carbocycles. The molecule has 9 nitrogen and oxygen atoms in total. The van der Waals surface area contributed by atoms with Crippen molar-refractivity contribution in [3.8, 4) is 5.69 Å². The Morgan fingerprint density at radius 3 is 2.63 bits per heavy atom. The number of amides is 3. The number of hydrogen-bond acceptors (Lipinski definition) is 5. The molecule has 3 atom stereocenters. The minimum absolute atomic E-state index is 0.0162. The standard InChI is InChI=1S/C29H34N6O3/c1-20-5-7-21(8-6-20)24-18-26(24)30-13-2-4-25(29(38)34-17-15-31-27(36)19-34)33-28(37)22-9-11-23(12-10-22)35-16-3-14-32-35/h3,5-12,14,16,24-26,30H,2,4,13,15,17-19H2,1H3,(H,31,36)(H,33,37)/t24-,25-,26+/m0/s1. The Hall–Kier alpha value is -3.98. The first-order chi connectivity index (χ1) is 18.5. The average Bonchev–Trinajstić information content (AvgIpc) is 3.49. The van der Waals surface area contributed by atoms with Gasteiger partial charge in [0.05, 0.1) is 12.2 Å². The summed E-state index contributed by atoms with van der Waals surface area (Å²) in [4.78, 5) is 39.8. The highest BCUT2D eigenvalue weighted by molar-refractivity contribution is 5.98.